The van der Waals surface area contributed by atoms with Crippen LogP contribution in [-0.4, -0.2) is 5.54 Å². The summed E-state index contributed by atoms with van der Waals surface area (Å²) >= 11 is 0. The Bertz CT molecular complexity index is 152. The van der Waals surface area contributed by atoms with Gasteiger partial charge in [0.15, 0.2) is 0 Å². The van der Waals surface area contributed by atoms with Crippen LogP contribution in [0.4, 0.5) is 0 Å². The fraction of sp³-hybridized carbons (Fsp3) is 1.00. The van der Waals surface area contributed by atoms with Crippen LogP contribution in [0, 0.1) is 5.92 Å². The summed E-state index contributed by atoms with van der Waals surface area (Å²) in [6, 6.07) is 0. The molecule has 98 valence electrons. The number of nitrogens with two attached hydrogens (primary N) is 1. The molecule has 0 bridgehead atoms. The van der Waals surface area contributed by atoms with Gasteiger partial charge in [0, 0.05) is 5.54 Å². The van der Waals surface area contributed by atoms with Crippen LogP contribution in [0.1, 0.15) is 85.5 Å². The van der Waals surface area contributed by atoms with Gasteiger partial charge in [-0.05, 0) is 19.3 Å². The van der Waals surface area contributed by atoms with Crippen LogP contribution in [-0.2, 0) is 0 Å². The van der Waals surface area contributed by atoms with Gasteiger partial charge in [-0.25, -0.2) is 0 Å². The van der Waals surface area contributed by atoms with E-state index in [1.165, 1.54) is 57.8 Å². The zero-order chi connectivity index (χ0) is 12.4. The summed E-state index contributed by atoms with van der Waals surface area (Å²) in [6.45, 7) is 9.01. The molecule has 0 aromatic rings. The van der Waals surface area contributed by atoms with E-state index in [9.17, 15) is 0 Å². The number of rotatable bonds is 10. The van der Waals surface area contributed by atoms with Gasteiger partial charge in [0.05, 0.1) is 0 Å². The molecule has 16 heavy (non-hydrogen) atoms. The Kier molecular flexibility index (Phi) is 9.02. The Morgan fingerprint density at radius 1 is 0.938 bits per heavy atom. The molecular formula is C15H33N. The molecule has 0 saturated heterocycles. The molecule has 0 spiro atoms. The molecule has 0 aliphatic rings. The molecular weight excluding hydrogens is 194 g/mol. The quantitative estimate of drug-likeness (QED) is 0.528. The molecule has 0 amide bonds. The van der Waals surface area contributed by atoms with Crippen molar-refractivity contribution < 1.29 is 0 Å². The molecule has 0 aliphatic heterocycles. The van der Waals surface area contributed by atoms with Gasteiger partial charge >= 0.3 is 0 Å². The Morgan fingerprint density at radius 2 is 1.44 bits per heavy atom. The number of hydrogen-bond acceptors (Lipinski definition) is 1. The molecule has 0 heterocycles. The highest BCUT2D eigenvalue weighted by Gasteiger charge is 2.23. The van der Waals surface area contributed by atoms with Crippen molar-refractivity contribution >= 4 is 0 Å². The standard InChI is InChI=1S/C15H33N/c1-5-7-8-9-10-11-12-13-15(4,16)14(3)6-2/h14H,5-13,16H2,1-4H3. The van der Waals surface area contributed by atoms with Gasteiger partial charge in [-0.15, -0.1) is 0 Å². The monoisotopic (exact) mass is 227 g/mol. The van der Waals surface area contributed by atoms with E-state index in [-0.39, 0.29) is 5.54 Å². The fourth-order valence-corrected chi connectivity index (χ4v) is 2.18. The van der Waals surface area contributed by atoms with Gasteiger partial charge in [-0.1, -0.05) is 72.1 Å². The molecule has 2 unspecified atom stereocenters. The summed E-state index contributed by atoms with van der Waals surface area (Å²) in [6.07, 6.45) is 12.0. The van der Waals surface area contributed by atoms with Gasteiger partial charge in [-0.2, -0.15) is 0 Å². The van der Waals surface area contributed by atoms with Crippen LogP contribution in [0.2, 0.25) is 0 Å². The lowest BCUT2D eigenvalue weighted by Gasteiger charge is -2.31. The van der Waals surface area contributed by atoms with Gasteiger partial charge in [0.25, 0.3) is 0 Å². The highest BCUT2D eigenvalue weighted by atomic mass is 14.7. The Hall–Kier alpha value is -0.0400. The van der Waals surface area contributed by atoms with E-state index in [1.807, 2.05) is 0 Å². The first-order chi connectivity index (χ1) is 7.54. The maximum atomic E-state index is 6.33. The fourth-order valence-electron chi connectivity index (χ4n) is 2.18. The van der Waals surface area contributed by atoms with Gasteiger partial charge in [0.1, 0.15) is 0 Å². The minimum Gasteiger partial charge on any atom is -0.325 e. The third-order valence-electron chi connectivity index (χ3n) is 4.06. The molecule has 2 atom stereocenters. The lowest BCUT2D eigenvalue weighted by atomic mass is 9.82. The largest absolute Gasteiger partial charge is 0.325 e. The highest BCUT2D eigenvalue weighted by molar-refractivity contribution is 4.83. The molecule has 0 aromatic carbocycles. The summed E-state index contributed by atoms with van der Waals surface area (Å²) in [7, 11) is 0. The van der Waals surface area contributed by atoms with Crippen LogP contribution in [0.15, 0.2) is 0 Å². The average Bonchev–Trinajstić information content (AvgIpc) is 2.26. The average molecular weight is 227 g/mol. The Balaban J connectivity index is 3.43. The summed E-state index contributed by atoms with van der Waals surface area (Å²) in [5.41, 5.74) is 6.39. The summed E-state index contributed by atoms with van der Waals surface area (Å²) in [4.78, 5) is 0. The second-order valence-electron chi connectivity index (χ2n) is 5.69. The lowest BCUT2D eigenvalue weighted by Crippen LogP contribution is -2.42. The van der Waals surface area contributed by atoms with E-state index in [1.54, 1.807) is 0 Å². The van der Waals surface area contributed by atoms with Crippen molar-refractivity contribution in [3.63, 3.8) is 0 Å². The van der Waals surface area contributed by atoms with Crippen molar-refractivity contribution in [3.05, 3.63) is 0 Å². The van der Waals surface area contributed by atoms with Crippen molar-refractivity contribution in [2.75, 3.05) is 0 Å². The van der Waals surface area contributed by atoms with E-state index >= 15 is 0 Å². The Labute approximate surface area is 103 Å². The van der Waals surface area contributed by atoms with Crippen LogP contribution < -0.4 is 5.73 Å². The van der Waals surface area contributed by atoms with Crippen LogP contribution in [0.3, 0.4) is 0 Å². The lowest BCUT2D eigenvalue weighted by molar-refractivity contribution is 0.279. The summed E-state index contributed by atoms with van der Waals surface area (Å²) in [5.74, 6) is 0.646. The van der Waals surface area contributed by atoms with Crippen molar-refractivity contribution in [2.45, 2.75) is 91.0 Å². The maximum Gasteiger partial charge on any atom is 0.0151 e. The van der Waals surface area contributed by atoms with E-state index < -0.39 is 0 Å². The first-order valence-corrected chi connectivity index (χ1v) is 7.33. The molecule has 1 nitrogen and oxygen atoms in total. The van der Waals surface area contributed by atoms with Crippen molar-refractivity contribution in [1.82, 2.24) is 0 Å². The normalized spacial score (nSPS) is 17.1. The van der Waals surface area contributed by atoms with Crippen molar-refractivity contribution in [3.8, 4) is 0 Å². The minimum absolute atomic E-state index is 0.0537. The van der Waals surface area contributed by atoms with E-state index in [0.29, 0.717) is 5.92 Å². The van der Waals surface area contributed by atoms with Crippen molar-refractivity contribution in [2.24, 2.45) is 11.7 Å². The van der Waals surface area contributed by atoms with Gasteiger partial charge in [0.2, 0.25) is 0 Å². The van der Waals surface area contributed by atoms with Gasteiger partial charge < -0.3 is 5.73 Å². The smallest absolute Gasteiger partial charge is 0.0151 e. The first kappa shape index (κ1) is 16.0. The van der Waals surface area contributed by atoms with Crippen LogP contribution in [0.5, 0.6) is 0 Å². The molecule has 0 fully saturated rings. The predicted octanol–water partition coefficient (Wildman–Crippen LogP) is 4.89. The zero-order valence-electron chi connectivity index (χ0n) is 12.0. The topological polar surface area (TPSA) is 26.0 Å². The molecule has 0 aliphatic carbocycles. The third kappa shape index (κ3) is 7.27. The number of hydrogen-bond donors (Lipinski definition) is 1. The van der Waals surface area contributed by atoms with E-state index in [2.05, 4.69) is 27.7 Å². The minimum atomic E-state index is 0.0537. The van der Waals surface area contributed by atoms with E-state index in [4.69, 9.17) is 5.73 Å². The summed E-state index contributed by atoms with van der Waals surface area (Å²) < 4.78 is 0. The highest BCUT2D eigenvalue weighted by Crippen LogP contribution is 2.23. The second kappa shape index (κ2) is 9.04. The summed E-state index contributed by atoms with van der Waals surface area (Å²) in [5, 5.41) is 0. The van der Waals surface area contributed by atoms with Crippen molar-refractivity contribution in [1.29, 1.82) is 0 Å². The first-order valence-electron chi connectivity index (χ1n) is 7.33. The second-order valence-corrected chi connectivity index (χ2v) is 5.69. The molecule has 2 N–H and O–H groups in total. The molecule has 0 radical (unpaired) electrons. The molecule has 0 aromatic heterocycles. The predicted molar refractivity (Wildman–Crippen MR) is 74.7 cm³/mol. The number of unbranched alkanes of at least 4 members (excludes halogenated alkanes) is 6. The SMILES string of the molecule is CCCCCCCCCC(C)(N)C(C)CC. The molecule has 1 heteroatoms. The van der Waals surface area contributed by atoms with Crippen LogP contribution >= 0.6 is 0 Å². The molecule has 0 rings (SSSR count). The van der Waals surface area contributed by atoms with Crippen LogP contribution in [0.25, 0.3) is 0 Å². The maximum absolute atomic E-state index is 6.33. The zero-order valence-corrected chi connectivity index (χ0v) is 12.0. The Morgan fingerprint density at radius 3 is 1.94 bits per heavy atom. The van der Waals surface area contributed by atoms with Gasteiger partial charge in [-0.3, -0.25) is 0 Å². The third-order valence-corrected chi connectivity index (χ3v) is 4.06. The molecule has 0 saturated carbocycles. The van der Waals surface area contributed by atoms with E-state index in [0.717, 1.165) is 0 Å².